The van der Waals surface area contributed by atoms with Gasteiger partial charge in [0.25, 0.3) is 5.91 Å². The Hall–Kier alpha value is -2.08. The number of rotatable bonds is 5. The molecular formula is C15H20N2O4. The summed E-state index contributed by atoms with van der Waals surface area (Å²) in [7, 11) is 1.86. The smallest absolute Gasteiger partial charge is 0.326 e. The minimum absolute atomic E-state index is 0.0608. The van der Waals surface area contributed by atoms with Gasteiger partial charge in [-0.2, -0.15) is 0 Å². The van der Waals surface area contributed by atoms with Crippen molar-refractivity contribution >= 4 is 17.6 Å². The lowest BCUT2D eigenvalue weighted by Crippen LogP contribution is -2.40. The molecule has 0 aliphatic carbocycles. The first-order valence-electron chi connectivity index (χ1n) is 7.00. The van der Waals surface area contributed by atoms with Crippen LogP contribution >= 0.6 is 0 Å². The number of carboxylic acid groups (broad SMARTS) is 1. The largest absolute Gasteiger partial charge is 0.480 e. The third-order valence-corrected chi connectivity index (χ3v) is 3.79. The highest BCUT2D eigenvalue weighted by Crippen LogP contribution is 2.21. The van der Waals surface area contributed by atoms with Crippen LogP contribution < -0.4 is 4.90 Å². The maximum Gasteiger partial charge on any atom is 0.326 e. The molecule has 2 N–H and O–H groups in total. The molecule has 0 radical (unpaired) electrons. The monoisotopic (exact) mass is 292 g/mol. The van der Waals surface area contributed by atoms with Crippen LogP contribution in [-0.2, 0) is 4.79 Å². The number of nitrogens with zero attached hydrogens (tertiary/aromatic N) is 2. The van der Waals surface area contributed by atoms with Gasteiger partial charge >= 0.3 is 5.97 Å². The second-order valence-corrected chi connectivity index (χ2v) is 5.19. The maximum atomic E-state index is 12.4. The van der Waals surface area contributed by atoms with Crippen molar-refractivity contribution in [2.24, 2.45) is 0 Å². The normalized spacial score (nSPS) is 17.8. The lowest BCUT2D eigenvalue weighted by Gasteiger charge is -2.22. The summed E-state index contributed by atoms with van der Waals surface area (Å²) in [5.41, 5.74) is 1.39. The van der Waals surface area contributed by atoms with E-state index < -0.39 is 12.0 Å². The Morgan fingerprint density at radius 3 is 2.57 bits per heavy atom. The highest BCUT2D eigenvalue weighted by Gasteiger charge is 2.34. The molecule has 1 aliphatic heterocycles. The summed E-state index contributed by atoms with van der Waals surface area (Å²) >= 11 is 0. The fraction of sp³-hybridized carbons (Fsp3) is 0.467. The van der Waals surface area contributed by atoms with E-state index in [2.05, 4.69) is 0 Å². The number of likely N-dealkylation sites (N-methyl/N-ethyl adjacent to an activating group) is 1. The van der Waals surface area contributed by atoms with E-state index in [4.69, 9.17) is 10.2 Å². The Bertz CT molecular complexity index is 515. The molecule has 1 amide bonds. The van der Waals surface area contributed by atoms with Crippen molar-refractivity contribution in [2.45, 2.75) is 18.9 Å². The van der Waals surface area contributed by atoms with Crippen LogP contribution in [0.3, 0.4) is 0 Å². The summed E-state index contributed by atoms with van der Waals surface area (Å²) in [6.45, 7) is 1.06. The fourth-order valence-corrected chi connectivity index (χ4v) is 2.57. The van der Waals surface area contributed by atoms with Crippen molar-refractivity contribution in [3.63, 3.8) is 0 Å². The van der Waals surface area contributed by atoms with Crippen LogP contribution in [0.25, 0.3) is 0 Å². The molecule has 0 saturated carbocycles. The minimum Gasteiger partial charge on any atom is -0.480 e. The van der Waals surface area contributed by atoms with Crippen molar-refractivity contribution in [2.75, 3.05) is 31.6 Å². The van der Waals surface area contributed by atoms with E-state index in [1.54, 1.807) is 24.3 Å². The minimum atomic E-state index is -0.944. The number of hydrogen-bond donors (Lipinski definition) is 2. The molecular weight excluding hydrogens is 272 g/mol. The predicted molar refractivity (Wildman–Crippen MR) is 78.5 cm³/mol. The number of carbonyl (C=O) groups is 2. The van der Waals surface area contributed by atoms with Gasteiger partial charge in [-0.25, -0.2) is 4.79 Å². The predicted octanol–water partition coefficient (Wildman–Crippen LogP) is 0.804. The molecule has 1 aromatic carbocycles. The number of benzene rings is 1. The van der Waals surface area contributed by atoms with Gasteiger partial charge < -0.3 is 20.0 Å². The van der Waals surface area contributed by atoms with E-state index in [-0.39, 0.29) is 12.5 Å². The quantitative estimate of drug-likeness (QED) is 0.839. The van der Waals surface area contributed by atoms with E-state index in [9.17, 15) is 9.59 Å². The number of carboxylic acids is 1. The third kappa shape index (κ3) is 3.33. The van der Waals surface area contributed by atoms with Crippen LogP contribution in [0.1, 0.15) is 23.2 Å². The van der Waals surface area contributed by atoms with E-state index >= 15 is 0 Å². The first-order chi connectivity index (χ1) is 10.0. The number of likely N-dealkylation sites (tertiary alicyclic amines) is 1. The lowest BCUT2D eigenvalue weighted by atomic mass is 10.1. The van der Waals surface area contributed by atoms with Gasteiger partial charge in [-0.1, -0.05) is 0 Å². The number of anilines is 1. The van der Waals surface area contributed by atoms with E-state index in [1.807, 2.05) is 11.9 Å². The van der Waals surface area contributed by atoms with Gasteiger partial charge in [-0.05, 0) is 37.1 Å². The van der Waals surface area contributed by atoms with Crippen molar-refractivity contribution in [3.05, 3.63) is 29.8 Å². The summed E-state index contributed by atoms with van der Waals surface area (Å²) in [5.74, 6) is -1.18. The highest BCUT2D eigenvalue weighted by atomic mass is 16.4. The summed E-state index contributed by atoms with van der Waals surface area (Å²) < 4.78 is 0. The summed E-state index contributed by atoms with van der Waals surface area (Å²) in [4.78, 5) is 26.8. The molecule has 21 heavy (non-hydrogen) atoms. The molecule has 1 atom stereocenters. The molecule has 1 aromatic rings. The van der Waals surface area contributed by atoms with Crippen LogP contribution in [0, 0.1) is 0 Å². The Morgan fingerprint density at radius 1 is 1.33 bits per heavy atom. The Morgan fingerprint density at radius 2 is 2.00 bits per heavy atom. The SMILES string of the molecule is CN(CCO)c1ccc(C(=O)N2CCCC2C(=O)O)cc1. The average molecular weight is 292 g/mol. The first kappa shape index (κ1) is 15.3. The summed E-state index contributed by atoms with van der Waals surface area (Å²) in [6.07, 6.45) is 1.23. The zero-order valence-electron chi connectivity index (χ0n) is 12.0. The molecule has 6 nitrogen and oxygen atoms in total. The van der Waals surface area contributed by atoms with Crippen LogP contribution in [0.2, 0.25) is 0 Å². The molecule has 114 valence electrons. The molecule has 6 heteroatoms. The van der Waals surface area contributed by atoms with Gasteiger partial charge in [0, 0.05) is 31.4 Å². The van der Waals surface area contributed by atoms with Crippen LogP contribution in [-0.4, -0.2) is 59.8 Å². The third-order valence-electron chi connectivity index (χ3n) is 3.79. The zero-order valence-corrected chi connectivity index (χ0v) is 12.0. The molecule has 0 aromatic heterocycles. The molecule has 2 rings (SSSR count). The molecule has 0 bridgehead atoms. The van der Waals surface area contributed by atoms with Crippen molar-refractivity contribution in [3.8, 4) is 0 Å². The Kier molecular flexibility index (Phi) is 4.80. The van der Waals surface area contributed by atoms with Gasteiger partial charge in [0.1, 0.15) is 6.04 Å². The highest BCUT2D eigenvalue weighted by molar-refractivity contribution is 5.97. The maximum absolute atomic E-state index is 12.4. The van der Waals surface area contributed by atoms with Crippen LogP contribution in [0.4, 0.5) is 5.69 Å². The van der Waals surface area contributed by atoms with Crippen LogP contribution in [0.5, 0.6) is 0 Å². The average Bonchev–Trinajstić information content (AvgIpc) is 2.96. The van der Waals surface area contributed by atoms with Crippen molar-refractivity contribution < 1.29 is 19.8 Å². The Labute approximate surface area is 123 Å². The molecule has 1 heterocycles. The second-order valence-electron chi connectivity index (χ2n) is 5.19. The van der Waals surface area contributed by atoms with Gasteiger partial charge in [0.2, 0.25) is 0 Å². The summed E-state index contributed by atoms with van der Waals surface area (Å²) in [6, 6.07) is 6.28. The molecule has 1 fully saturated rings. The first-order valence-corrected chi connectivity index (χ1v) is 7.00. The second kappa shape index (κ2) is 6.58. The topological polar surface area (TPSA) is 81.1 Å². The summed E-state index contributed by atoms with van der Waals surface area (Å²) in [5, 5.41) is 18.0. The zero-order chi connectivity index (χ0) is 15.4. The molecule has 1 saturated heterocycles. The number of aliphatic hydroxyl groups excluding tert-OH is 1. The number of aliphatic carboxylic acids is 1. The molecule has 1 unspecified atom stereocenters. The lowest BCUT2D eigenvalue weighted by molar-refractivity contribution is -0.141. The number of carbonyl (C=O) groups excluding carboxylic acids is 1. The number of hydrogen-bond acceptors (Lipinski definition) is 4. The van der Waals surface area contributed by atoms with E-state index in [0.717, 1.165) is 12.1 Å². The fourth-order valence-electron chi connectivity index (χ4n) is 2.57. The van der Waals surface area contributed by atoms with Crippen molar-refractivity contribution in [1.82, 2.24) is 4.90 Å². The van der Waals surface area contributed by atoms with Crippen LogP contribution in [0.15, 0.2) is 24.3 Å². The molecule has 0 spiro atoms. The molecule has 1 aliphatic rings. The Balaban J connectivity index is 2.11. The van der Waals surface area contributed by atoms with Gasteiger partial charge in [-0.15, -0.1) is 0 Å². The number of amides is 1. The van der Waals surface area contributed by atoms with E-state index in [1.165, 1.54) is 4.90 Å². The van der Waals surface area contributed by atoms with Gasteiger partial charge in [0.05, 0.1) is 6.61 Å². The van der Waals surface area contributed by atoms with Gasteiger partial charge in [-0.3, -0.25) is 4.79 Å². The van der Waals surface area contributed by atoms with E-state index in [0.29, 0.717) is 25.1 Å². The standard InChI is InChI=1S/C15H20N2O4/c1-16(9-10-18)12-6-4-11(5-7-12)14(19)17-8-2-3-13(17)15(20)21/h4-7,13,18H,2-3,8-10H2,1H3,(H,20,21). The van der Waals surface area contributed by atoms with Gasteiger partial charge in [0.15, 0.2) is 0 Å². The number of aliphatic hydroxyl groups is 1. The van der Waals surface area contributed by atoms with Crippen molar-refractivity contribution in [1.29, 1.82) is 0 Å².